The highest BCUT2D eigenvalue weighted by molar-refractivity contribution is 9.09. The van der Waals surface area contributed by atoms with E-state index in [4.69, 9.17) is 0 Å². The van der Waals surface area contributed by atoms with Gasteiger partial charge < -0.3 is 4.90 Å². The molecule has 0 spiro atoms. The molecule has 1 aliphatic rings. The van der Waals surface area contributed by atoms with Crippen molar-refractivity contribution < 1.29 is 18.0 Å². The number of benzene rings is 1. The summed E-state index contributed by atoms with van der Waals surface area (Å²) < 4.78 is 38.2. The Kier molecular flexibility index (Phi) is 5.30. The van der Waals surface area contributed by atoms with Crippen molar-refractivity contribution in [3.63, 3.8) is 0 Å². The third-order valence-corrected chi connectivity index (χ3v) is 4.31. The van der Waals surface area contributed by atoms with Crippen molar-refractivity contribution in [3.05, 3.63) is 35.4 Å². The molecule has 2 rings (SSSR count). The summed E-state index contributed by atoms with van der Waals surface area (Å²) in [5.74, 6) is -0.299. The van der Waals surface area contributed by atoms with Gasteiger partial charge in [0.1, 0.15) is 0 Å². The smallest absolute Gasteiger partial charge is 0.336 e. The molecule has 116 valence electrons. The molecule has 0 bridgehead atoms. The van der Waals surface area contributed by atoms with Crippen LogP contribution in [-0.2, 0) is 6.18 Å². The predicted octanol–water partition coefficient (Wildman–Crippen LogP) is 4.49. The maximum atomic E-state index is 12.7. The van der Waals surface area contributed by atoms with Gasteiger partial charge in [-0.15, -0.1) is 0 Å². The normalized spacial score (nSPS) is 15.6. The van der Waals surface area contributed by atoms with Crippen molar-refractivity contribution in [2.45, 2.75) is 37.9 Å². The van der Waals surface area contributed by atoms with Crippen LogP contribution < -0.4 is 0 Å². The lowest BCUT2D eigenvalue weighted by molar-refractivity contribution is -0.137. The van der Waals surface area contributed by atoms with E-state index in [0.717, 1.165) is 43.1 Å². The van der Waals surface area contributed by atoms with Crippen molar-refractivity contribution >= 4 is 21.8 Å². The predicted molar refractivity (Wildman–Crippen MR) is 78.5 cm³/mol. The van der Waals surface area contributed by atoms with Crippen LogP contribution in [0, 0.1) is 0 Å². The number of hydrogen-bond acceptors (Lipinski definition) is 1. The molecule has 6 heteroatoms. The minimum Gasteiger partial charge on any atom is -0.336 e. The maximum absolute atomic E-state index is 12.7. The third-order valence-electron chi connectivity index (χ3n) is 3.75. The monoisotopic (exact) mass is 363 g/mol. The van der Waals surface area contributed by atoms with E-state index in [1.807, 2.05) is 0 Å². The van der Waals surface area contributed by atoms with Crippen LogP contribution in [0.1, 0.15) is 41.6 Å². The van der Waals surface area contributed by atoms with Gasteiger partial charge in [-0.1, -0.05) is 22.0 Å². The first-order chi connectivity index (χ1) is 9.93. The Hall–Kier alpha value is -1.04. The van der Waals surface area contributed by atoms with Gasteiger partial charge in [0.15, 0.2) is 0 Å². The van der Waals surface area contributed by atoms with E-state index >= 15 is 0 Å². The van der Waals surface area contributed by atoms with Crippen LogP contribution in [0.25, 0.3) is 0 Å². The molecule has 1 aromatic carbocycles. The number of carbonyl (C=O) groups is 1. The first kappa shape index (κ1) is 16.3. The molecule has 1 aliphatic carbocycles. The molecule has 21 heavy (non-hydrogen) atoms. The Morgan fingerprint density at radius 1 is 1.33 bits per heavy atom. The van der Waals surface area contributed by atoms with Gasteiger partial charge in [0, 0.05) is 23.5 Å². The molecular weight excluding hydrogens is 347 g/mol. The summed E-state index contributed by atoms with van der Waals surface area (Å²) >= 11 is 3.32. The summed E-state index contributed by atoms with van der Waals surface area (Å²) in [6.07, 6.45) is -0.681. The molecule has 0 unspecified atom stereocenters. The van der Waals surface area contributed by atoms with Crippen molar-refractivity contribution in [2.24, 2.45) is 0 Å². The Morgan fingerprint density at radius 3 is 2.57 bits per heavy atom. The quantitative estimate of drug-likeness (QED) is 0.706. The standard InChI is InChI=1S/C15H17BrF3NO/c16-8-3-9-20(13-6-2-7-13)14(21)11-4-1-5-12(10-11)15(17,18)19/h1,4-5,10,13H,2-3,6-9H2. The number of hydrogen-bond donors (Lipinski definition) is 0. The number of carbonyl (C=O) groups excluding carboxylic acids is 1. The molecule has 0 N–H and O–H groups in total. The fraction of sp³-hybridized carbons (Fsp3) is 0.533. The van der Waals surface area contributed by atoms with Crippen LogP contribution in [0.2, 0.25) is 0 Å². The summed E-state index contributed by atoms with van der Waals surface area (Å²) in [4.78, 5) is 14.2. The van der Waals surface area contributed by atoms with Gasteiger partial charge in [0.2, 0.25) is 0 Å². The summed E-state index contributed by atoms with van der Waals surface area (Å²) in [5, 5.41) is 0.770. The van der Waals surface area contributed by atoms with Crippen LogP contribution >= 0.6 is 15.9 Å². The SMILES string of the molecule is O=C(c1cccc(C(F)(F)F)c1)N(CCCBr)C1CCC1. The second-order valence-electron chi connectivity index (χ2n) is 5.20. The van der Waals surface area contributed by atoms with Gasteiger partial charge in [0.05, 0.1) is 5.56 Å². The highest BCUT2D eigenvalue weighted by Crippen LogP contribution is 2.31. The first-order valence-electron chi connectivity index (χ1n) is 6.97. The van der Waals surface area contributed by atoms with E-state index in [9.17, 15) is 18.0 Å². The number of alkyl halides is 4. The summed E-state index contributed by atoms with van der Waals surface area (Å²) in [5.41, 5.74) is -0.659. The fourth-order valence-electron chi connectivity index (χ4n) is 2.37. The van der Waals surface area contributed by atoms with E-state index in [-0.39, 0.29) is 17.5 Å². The average molecular weight is 364 g/mol. The molecule has 0 aliphatic heterocycles. The molecule has 1 amide bonds. The van der Waals surface area contributed by atoms with Gasteiger partial charge >= 0.3 is 6.18 Å². The maximum Gasteiger partial charge on any atom is 0.416 e. The van der Waals surface area contributed by atoms with E-state index in [2.05, 4.69) is 15.9 Å². The van der Waals surface area contributed by atoms with E-state index in [1.165, 1.54) is 12.1 Å². The Morgan fingerprint density at radius 2 is 2.05 bits per heavy atom. The van der Waals surface area contributed by atoms with E-state index < -0.39 is 11.7 Å². The second kappa shape index (κ2) is 6.81. The van der Waals surface area contributed by atoms with Crippen molar-refractivity contribution in [2.75, 3.05) is 11.9 Å². The molecule has 1 saturated carbocycles. The van der Waals surface area contributed by atoms with E-state index in [1.54, 1.807) is 4.90 Å². The van der Waals surface area contributed by atoms with Gasteiger partial charge in [0.25, 0.3) is 5.91 Å². The molecule has 0 heterocycles. The number of rotatable bonds is 5. The molecule has 2 nitrogen and oxygen atoms in total. The topological polar surface area (TPSA) is 20.3 Å². The van der Waals surface area contributed by atoms with Gasteiger partial charge in [-0.2, -0.15) is 13.2 Å². The fourth-order valence-corrected chi connectivity index (χ4v) is 2.62. The molecule has 1 aromatic rings. The van der Waals surface area contributed by atoms with Crippen LogP contribution in [0.15, 0.2) is 24.3 Å². The average Bonchev–Trinajstić information content (AvgIpc) is 2.39. The number of amides is 1. The summed E-state index contributed by atoms with van der Waals surface area (Å²) in [6, 6.07) is 4.85. The number of nitrogens with zero attached hydrogens (tertiary/aromatic N) is 1. The lowest BCUT2D eigenvalue weighted by Crippen LogP contribution is -2.44. The van der Waals surface area contributed by atoms with Gasteiger partial charge in [-0.05, 0) is 43.9 Å². The summed E-state index contributed by atoms with van der Waals surface area (Å²) in [6.45, 7) is 0.574. The second-order valence-corrected chi connectivity index (χ2v) is 6.00. The molecular formula is C15H17BrF3NO. The molecule has 0 radical (unpaired) electrons. The van der Waals surface area contributed by atoms with Crippen molar-refractivity contribution in [1.82, 2.24) is 4.90 Å². The molecule has 0 saturated heterocycles. The van der Waals surface area contributed by atoms with E-state index in [0.29, 0.717) is 6.54 Å². The minimum absolute atomic E-state index is 0.117. The minimum atomic E-state index is -4.42. The Bertz CT molecular complexity index is 500. The van der Waals surface area contributed by atoms with Crippen LogP contribution in [0.3, 0.4) is 0 Å². The largest absolute Gasteiger partial charge is 0.416 e. The van der Waals surface area contributed by atoms with Gasteiger partial charge in [-0.3, -0.25) is 4.79 Å². The van der Waals surface area contributed by atoms with Crippen molar-refractivity contribution in [1.29, 1.82) is 0 Å². The number of halogens is 4. The first-order valence-corrected chi connectivity index (χ1v) is 8.10. The van der Waals surface area contributed by atoms with Crippen LogP contribution in [-0.4, -0.2) is 28.7 Å². The molecule has 0 atom stereocenters. The van der Waals surface area contributed by atoms with Crippen molar-refractivity contribution in [3.8, 4) is 0 Å². The lowest BCUT2D eigenvalue weighted by Gasteiger charge is -2.37. The Labute approximate surface area is 130 Å². The Balaban J connectivity index is 2.19. The van der Waals surface area contributed by atoms with Crippen LogP contribution in [0.5, 0.6) is 0 Å². The molecule has 0 aromatic heterocycles. The zero-order valence-corrected chi connectivity index (χ0v) is 13.1. The summed E-state index contributed by atoms with van der Waals surface area (Å²) in [7, 11) is 0. The third kappa shape index (κ3) is 3.99. The molecule has 1 fully saturated rings. The zero-order valence-electron chi connectivity index (χ0n) is 11.5. The zero-order chi connectivity index (χ0) is 15.5. The van der Waals surface area contributed by atoms with Crippen LogP contribution in [0.4, 0.5) is 13.2 Å². The van der Waals surface area contributed by atoms with Gasteiger partial charge in [-0.25, -0.2) is 0 Å². The lowest BCUT2D eigenvalue weighted by atomic mass is 9.90. The highest BCUT2D eigenvalue weighted by Gasteiger charge is 2.33. The highest BCUT2D eigenvalue weighted by atomic mass is 79.9.